The van der Waals surface area contributed by atoms with E-state index in [1.807, 2.05) is 13.0 Å². The van der Waals surface area contributed by atoms with Crippen LogP contribution in [0.5, 0.6) is 5.75 Å². The molecule has 0 bridgehead atoms. The number of carboxylic acids is 1. The van der Waals surface area contributed by atoms with Gasteiger partial charge in [-0.3, -0.25) is 4.79 Å². The number of nitrogens with two attached hydrogens (primary N) is 1. The Kier molecular flexibility index (Phi) is 4.10. The van der Waals surface area contributed by atoms with Crippen LogP contribution >= 0.6 is 0 Å². The SMILES string of the molecule is COc1cc2c(c(C)c1C(N)CC(=O)O)CCCC2. The van der Waals surface area contributed by atoms with Crippen LogP contribution in [0.1, 0.15) is 47.6 Å². The van der Waals surface area contributed by atoms with Crippen molar-refractivity contribution in [2.24, 2.45) is 5.73 Å². The zero-order chi connectivity index (χ0) is 14.0. The van der Waals surface area contributed by atoms with Crippen molar-refractivity contribution in [1.29, 1.82) is 0 Å². The summed E-state index contributed by atoms with van der Waals surface area (Å²) in [7, 11) is 1.61. The second-order valence-electron chi connectivity index (χ2n) is 5.17. The average Bonchev–Trinajstić information content (AvgIpc) is 2.37. The van der Waals surface area contributed by atoms with Crippen LogP contribution in [0.25, 0.3) is 0 Å². The van der Waals surface area contributed by atoms with Crippen molar-refractivity contribution in [3.63, 3.8) is 0 Å². The monoisotopic (exact) mass is 263 g/mol. The number of aryl methyl sites for hydroxylation is 1. The predicted molar refractivity (Wildman–Crippen MR) is 73.6 cm³/mol. The molecular formula is C15H21NO3. The molecule has 1 aliphatic carbocycles. The second-order valence-corrected chi connectivity index (χ2v) is 5.17. The highest BCUT2D eigenvalue weighted by molar-refractivity contribution is 5.68. The summed E-state index contributed by atoms with van der Waals surface area (Å²) < 4.78 is 5.42. The number of carbonyl (C=O) groups is 1. The van der Waals surface area contributed by atoms with Gasteiger partial charge in [-0.05, 0) is 55.4 Å². The first-order valence-electron chi connectivity index (χ1n) is 6.71. The normalized spacial score (nSPS) is 15.7. The smallest absolute Gasteiger partial charge is 0.305 e. The molecule has 0 radical (unpaired) electrons. The third-order valence-electron chi connectivity index (χ3n) is 3.92. The van der Waals surface area contributed by atoms with Gasteiger partial charge in [-0.25, -0.2) is 0 Å². The topological polar surface area (TPSA) is 72.5 Å². The number of ether oxygens (including phenoxy) is 1. The van der Waals surface area contributed by atoms with Gasteiger partial charge in [0.2, 0.25) is 0 Å². The number of methoxy groups -OCH3 is 1. The zero-order valence-electron chi connectivity index (χ0n) is 11.5. The average molecular weight is 263 g/mol. The van der Waals surface area contributed by atoms with E-state index < -0.39 is 12.0 Å². The van der Waals surface area contributed by atoms with Crippen molar-refractivity contribution in [1.82, 2.24) is 0 Å². The van der Waals surface area contributed by atoms with Gasteiger partial charge in [-0.15, -0.1) is 0 Å². The van der Waals surface area contributed by atoms with Crippen molar-refractivity contribution < 1.29 is 14.6 Å². The molecular weight excluding hydrogens is 242 g/mol. The minimum Gasteiger partial charge on any atom is -0.496 e. The van der Waals surface area contributed by atoms with Gasteiger partial charge in [0.25, 0.3) is 0 Å². The first-order valence-corrected chi connectivity index (χ1v) is 6.71. The second kappa shape index (κ2) is 5.61. The molecule has 2 rings (SSSR count). The Hall–Kier alpha value is -1.55. The van der Waals surface area contributed by atoms with Crippen LogP contribution in [0.4, 0.5) is 0 Å². The number of aliphatic carboxylic acids is 1. The van der Waals surface area contributed by atoms with Gasteiger partial charge >= 0.3 is 5.97 Å². The van der Waals surface area contributed by atoms with Crippen molar-refractivity contribution >= 4 is 5.97 Å². The molecule has 0 amide bonds. The van der Waals surface area contributed by atoms with E-state index in [1.54, 1.807) is 7.11 Å². The van der Waals surface area contributed by atoms with E-state index in [4.69, 9.17) is 15.6 Å². The molecule has 0 saturated carbocycles. The molecule has 3 N–H and O–H groups in total. The van der Waals surface area contributed by atoms with Crippen LogP contribution in [-0.4, -0.2) is 18.2 Å². The number of hydrogen-bond donors (Lipinski definition) is 2. The van der Waals surface area contributed by atoms with E-state index in [-0.39, 0.29) is 6.42 Å². The highest BCUT2D eigenvalue weighted by atomic mass is 16.5. The molecule has 4 nitrogen and oxygen atoms in total. The third kappa shape index (κ3) is 2.73. The van der Waals surface area contributed by atoms with Gasteiger partial charge in [-0.1, -0.05) is 0 Å². The number of benzene rings is 1. The Bertz CT molecular complexity index is 497. The first kappa shape index (κ1) is 13.9. The fraction of sp³-hybridized carbons (Fsp3) is 0.533. The minimum absolute atomic E-state index is 0.0734. The summed E-state index contributed by atoms with van der Waals surface area (Å²) in [5.74, 6) is -0.154. The van der Waals surface area contributed by atoms with Crippen LogP contribution in [0, 0.1) is 6.92 Å². The quantitative estimate of drug-likeness (QED) is 0.874. The fourth-order valence-electron chi connectivity index (χ4n) is 3.02. The maximum Gasteiger partial charge on any atom is 0.305 e. The predicted octanol–water partition coefficient (Wildman–Crippen LogP) is 2.36. The molecule has 0 fully saturated rings. The Morgan fingerprint density at radius 2 is 2.16 bits per heavy atom. The number of rotatable bonds is 4. The molecule has 1 aromatic carbocycles. The Morgan fingerprint density at radius 3 is 2.79 bits per heavy atom. The van der Waals surface area contributed by atoms with Gasteiger partial charge < -0.3 is 15.6 Å². The summed E-state index contributed by atoms with van der Waals surface area (Å²) in [4.78, 5) is 10.9. The molecule has 1 aliphatic rings. The van der Waals surface area contributed by atoms with E-state index in [0.29, 0.717) is 0 Å². The maximum atomic E-state index is 10.9. The third-order valence-corrected chi connectivity index (χ3v) is 3.92. The molecule has 0 aromatic heterocycles. The summed E-state index contributed by atoms with van der Waals surface area (Å²) >= 11 is 0. The lowest BCUT2D eigenvalue weighted by Crippen LogP contribution is -2.19. The van der Waals surface area contributed by atoms with E-state index in [2.05, 4.69) is 0 Å². The molecule has 1 aromatic rings. The van der Waals surface area contributed by atoms with E-state index >= 15 is 0 Å². The molecule has 0 aliphatic heterocycles. The summed E-state index contributed by atoms with van der Waals surface area (Å²) in [6.45, 7) is 2.03. The fourth-order valence-corrected chi connectivity index (χ4v) is 3.02. The molecule has 1 atom stereocenters. The van der Waals surface area contributed by atoms with Crippen LogP contribution in [-0.2, 0) is 17.6 Å². The summed E-state index contributed by atoms with van der Waals surface area (Å²) in [6.07, 6.45) is 4.44. The standard InChI is InChI=1S/C15H21NO3/c1-9-11-6-4-3-5-10(11)7-13(19-2)15(9)12(16)8-14(17)18/h7,12H,3-6,8,16H2,1-2H3,(H,17,18). The number of carboxylic acid groups (broad SMARTS) is 1. The van der Waals surface area contributed by atoms with E-state index in [0.717, 1.165) is 29.7 Å². The molecule has 0 spiro atoms. The molecule has 0 heterocycles. The highest BCUT2D eigenvalue weighted by Gasteiger charge is 2.23. The van der Waals surface area contributed by atoms with Gasteiger partial charge in [0.1, 0.15) is 5.75 Å². The molecule has 4 heteroatoms. The van der Waals surface area contributed by atoms with Gasteiger partial charge in [0.05, 0.1) is 13.5 Å². The van der Waals surface area contributed by atoms with Gasteiger partial charge in [0.15, 0.2) is 0 Å². The Balaban J connectivity index is 2.49. The lowest BCUT2D eigenvalue weighted by molar-refractivity contribution is -0.137. The summed E-state index contributed by atoms with van der Waals surface area (Å²) in [6, 6.07) is 1.53. The van der Waals surface area contributed by atoms with Gasteiger partial charge in [-0.2, -0.15) is 0 Å². The maximum absolute atomic E-state index is 10.9. The largest absolute Gasteiger partial charge is 0.496 e. The summed E-state index contributed by atoms with van der Waals surface area (Å²) in [5, 5.41) is 8.92. The lowest BCUT2D eigenvalue weighted by atomic mass is 9.84. The van der Waals surface area contributed by atoms with E-state index in [1.165, 1.54) is 24.0 Å². The lowest BCUT2D eigenvalue weighted by Gasteiger charge is -2.25. The number of fused-ring (bicyclic) bond motifs is 1. The highest BCUT2D eigenvalue weighted by Crippen LogP contribution is 2.36. The summed E-state index contributed by atoms with van der Waals surface area (Å²) in [5.41, 5.74) is 10.7. The van der Waals surface area contributed by atoms with Crippen LogP contribution in [0.3, 0.4) is 0 Å². The molecule has 19 heavy (non-hydrogen) atoms. The van der Waals surface area contributed by atoms with Crippen molar-refractivity contribution in [2.45, 2.75) is 45.1 Å². The van der Waals surface area contributed by atoms with Crippen molar-refractivity contribution in [3.05, 3.63) is 28.3 Å². The molecule has 0 saturated heterocycles. The first-order chi connectivity index (χ1) is 9.04. The van der Waals surface area contributed by atoms with Gasteiger partial charge in [0, 0.05) is 11.6 Å². The van der Waals surface area contributed by atoms with Crippen LogP contribution in [0.15, 0.2) is 6.07 Å². The Labute approximate surface area is 113 Å². The minimum atomic E-state index is -0.883. The van der Waals surface area contributed by atoms with Crippen LogP contribution < -0.4 is 10.5 Å². The molecule has 1 unspecified atom stereocenters. The number of hydrogen-bond acceptors (Lipinski definition) is 3. The van der Waals surface area contributed by atoms with Crippen molar-refractivity contribution in [2.75, 3.05) is 7.11 Å². The van der Waals surface area contributed by atoms with E-state index in [9.17, 15) is 4.79 Å². The molecule has 104 valence electrons. The van der Waals surface area contributed by atoms with Crippen LogP contribution in [0.2, 0.25) is 0 Å². The van der Waals surface area contributed by atoms with Crippen molar-refractivity contribution in [3.8, 4) is 5.75 Å². The Morgan fingerprint density at radius 1 is 1.47 bits per heavy atom. The zero-order valence-corrected chi connectivity index (χ0v) is 11.5.